The molecule has 3 aromatic heterocycles. The molecule has 0 N–H and O–H groups in total. The molecule has 0 bridgehead atoms. The number of rotatable bonds is 5. The zero-order valence-corrected chi connectivity index (χ0v) is 29.3. The molecule has 4 aromatic carbocycles. The number of imidazole rings is 1. The van der Waals surface area contributed by atoms with Gasteiger partial charge < -0.3 is 9.13 Å². The van der Waals surface area contributed by atoms with Gasteiger partial charge in [-0.05, 0) is 65.7 Å². The number of hydrogen-bond donors (Lipinski definition) is 0. The smallest absolute Gasteiger partial charge is 0.319 e. The number of hydrogen-bond acceptors (Lipinski definition) is 3. The van der Waals surface area contributed by atoms with Crippen LogP contribution in [0.15, 0.2) is 107 Å². The molecule has 0 amide bonds. The van der Waals surface area contributed by atoms with Crippen molar-refractivity contribution in [2.75, 3.05) is 0 Å². The maximum atomic E-state index is 7.79. The largest absolute Gasteiger partial charge is 2.00 e. The van der Waals surface area contributed by atoms with E-state index < -0.39 is 0 Å². The maximum absolute atomic E-state index is 7.79. The molecule has 0 radical (unpaired) electrons. The summed E-state index contributed by atoms with van der Waals surface area (Å²) in [5, 5.41) is 2.28. The standard InChI is InChI=1S/C39H31N5S.Pt/c1-25-10-9-11-26(2)38(25)43-23-34(42-24-43)27-18-29(40-6)21-31(19-27)45-30-14-15-33-32-12-7-8-13-35(32)44(36(33)22-30)37-20-28(16-17-41-37)39(3,4)5;/h7-18,20-21,23-24H,1-5H3;/q-2;+2. The van der Waals surface area contributed by atoms with Gasteiger partial charge in [0.05, 0.1) is 18.6 Å². The number of pyridine rings is 1. The van der Waals surface area contributed by atoms with E-state index in [0.29, 0.717) is 5.69 Å². The van der Waals surface area contributed by atoms with E-state index in [1.165, 1.54) is 16.7 Å². The predicted molar refractivity (Wildman–Crippen MR) is 184 cm³/mol. The van der Waals surface area contributed by atoms with E-state index in [9.17, 15) is 0 Å². The van der Waals surface area contributed by atoms with Gasteiger partial charge in [-0.2, -0.15) is 12.1 Å². The van der Waals surface area contributed by atoms with Gasteiger partial charge >= 0.3 is 21.1 Å². The molecule has 0 aliphatic heterocycles. The first-order valence-corrected chi connectivity index (χ1v) is 15.7. The zero-order chi connectivity index (χ0) is 31.3. The summed E-state index contributed by atoms with van der Waals surface area (Å²) in [6.45, 7) is 18.6. The van der Waals surface area contributed by atoms with Crippen LogP contribution in [-0.2, 0) is 26.5 Å². The van der Waals surface area contributed by atoms with Gasteiger partial charge in [0.2, 0.25) is 0 Å². The van der Waals surface area contributed by atoms with E-state index in [2.05, 4.69) is 123 Å². The van der Waals surface area contributed by atoms with Crippen LogP contribution in [-0.4, -0.2) is 19.1 Å². The van der Waals surface area contributed by atoms with E-state index in [0.717, 1.165) is 54.4 Å². The minimum atomic E-state index is -0.00275. The SMILES string of the molecule is [C-]#[N+]c1cc(Sc2[c-]c3c(cc2)c2ccccc2n3-c2cc(C(C)(C)C)ccn2)[c-]c(-c2cn(-c3c(C)cccc3C)cn2)c1.[Pt+2]. The molecule has 228 valence electrons. The number of benzene rings is 4. The van der Waals surface area contributed by atoms with Gasteiger partial charge in [-0.15, -0.1) is 51.9 Å². The summed E-state index contributed by atoms with van der Waals surface area (Å²) in [7, 11) is 0. The molecule has 0 saturated carbocycles. The number of para-hydroxylation sites is 2. The molecule has 0 aliphatic rings. The summed E-state index contributed by atoms with van der Waals surface area (Å²) >= 11 is 1.55. The Morgan fingerprint density at radius 1 is 0.826 bits per heavy atom. The number of aryl methyl sites for hydroxylation is 2. The van der Waals surface area contributed by atoms with Crippen molar-refractivity contribution in [1.82, 2.24) is 19.1 Å². The molecule has 0 spiro atoms. The first kappa shape index (κ1) is 31.5. The van der Waals surface area contributed by atoms with Crippen LogP contribution in [0.4, 0.5) is 5.69 Å². The molecule has 3 heterocycles. The van der Waals surface area contributed by atoms with E-state index in [1.54, 1.807) is 11.8 Å². The molecule has 0 fully saturated rings. The molecule has 7 heteroatoms. The topological polar surface area (TPSA) is 40.0 Å². The Labute approximate surface area is 288 Å². The van der Waals surface area contributed by atoms with E-state index in [1.807, 2.05) is 35.4 Å². The second-order valence-electron chi connectivity index (χ2n) is 12.3. The Balaban J connectivity index is 0.00000372. The van der Waals surface area contributed by atoms with Crippen LogP contribution in [0, 0.1) is 32.6 Å². The molecule has 46 heavy (non-hydrogen) atoms. The Kier molecular flexibility index (Phi) is 8.50. The van der Waals surface area contributed by atoms with Gasteiger partial charge in [0.15, 0.2) is 0 Å². The average molecular weight is 797 g/mol. The Morgan fingerprint density at radius 3 is 2.37 bits per heavy atom. The van der Waals surface area contributed by atoms with Gasteiger partial charge in [-0.25, -0.2) is 4.98 Å². The van der Waals surface area contributed by atoms with Crippen LogP contribution in [0.3, 0.4) is 0 Å². The van der Waals surface area contributed by atoms with Crippen molar-refractivity contribution in [3.8, 4) is 22.8 Å². The number of aromatic nitrogens is 4. The molecule has 0 atom stereocenters. The molecule has 7 rings (SSSR count). The van der Waals surface area contributed by atoms with Crippen LogP contribution in [0.5, 0.6) is 0 Å². The average Bonchev–Trinajstić information content (AvgIpc) is 3.63. The summed E-state index contributed by atoms with van der Waals surface area (Å²) in [6.07, 6.45) is 5.74. The molecule has 7 aromatic rings. The van der Waals surface area contributed by atoms with Gasteiger partial charge in [0.25, 0.3) is 0 Å². The van der Waals surface area contributed by atoms with Crippen molar-refractivity contribution in [2.45, 2.75) is 49.8 Å². The van der Waals surface area contributed by atoms with Gasteiger partial charge in [-0.3, -0.25) is 9.83 Å². The van der Waals surface area contributed by atoms with Crippen molar-refractivity contribution >= 4 is 39.3 Å². The summed E-state index contributed by atoms with van der Waals surface area (Å²) < 4.78 is 4.25. The van der Waals surface area contributed by atoms with Crippen LogP contribution in [0.2, 0.25) is 0 Å². The number of fused-ring (bicyclic) bond motifs is 3. The fraction of sp³-hybridized carbons (Fsp3) is 0.154. The van der Waals surface area contributed by atoms with Gasteiger partial charge in [-0.1, -0.05) is 67.6 Å². The van der Waals surface area contributed by atoms with Crippen LogP contribution < -0.4 is 0 Å². The van der Waals surface area contributed by atoms with E-state index in [-0.39, 0.29) is 26.5 Å². The second kappa shape index (κ2) is 12.4. The molecule has 0 unspecified atom stereocenters. The van der Waals surface area contributed by atoms with Gasteiger partial charge in [0, 0.05) is 17.4 Å². The maximum Gasteiger partial charge on any atom is 2.00 e. The molecule has 0 aliphatic carbocycles. The fourth-order valence-electron chi connectivity index (χ4n) is 5.88. The van der Waals surface area contributed by atoms with E-state index in [4.69, 9.17) is 16.5 Å². The van der Waals surface area contributed by atoms with Crippen molar-refractivity contribution in [3.05, 3.63) is 138 Å². The first-order chi connectivity index (χ1) is 21.7. The molecular weight excluding hydrogens is 766 g/mol. The van der Waals surface area contributed by atoms with Crippen LogP contribution in [0.1, 0.15) is 37.5 Å². The summed E-state index contributed by atoms with van der Waals surface area (Å²) in [4.78, 5) is 15.0. The third-order valence-electron chi connectivity index (χ3n) is 8.13. The third-order valence-corrected chi connectivity index (χ3v) is 9.03. The third kappa shape index (κ3) is 5.82. The molecule has 5 nitrogen and oxygen atoms in total. The summed E-state index contributed by atoms with van der Waals surface area (Å²) in [6, 6.07) is 34.2. The Morgan fingerprint density at radius 2 is 1.61 bits per heavy atom. The summed E-state index contributed by atoms with van der Waals surface area (Å²) in [5.41, 5.74) is 8.86. The predicted octanol–water partition coefficient (Wildman–Crippen LogP) is 10.2. The number of nitrogens with zero attached hydrogens (tertiary/aromatic N) is 5. The van der Waals surface area contributed by atoms with E-state index >= 15 is 0 Å². The quantitative estimate of drug-likeness (QED) is 0.163. The second-order valence-corrected chi connectivity index (χ2v) is 13.4. The Bertz CT molecular complexity index is 2260. The fourth-order valence-corrected chi connectivity index (χ4v) is 6.74. The van der Waals surface area contributed by atoms with Crippen LogP contribution >= 0.6 is 11.8 Å². The summed E-state index contributed by atoms with van der Waals surface area (Å²) in [5.74, 6) is 0.871. The van der Waals surface area contributed by atoms with Gasteiger partial charge in [0.1, 0.15) is 11.5 Å². The first-order valence-electron chi connectivity index (χ1n) is 14.9. The monoisotopic (exact) mass is 796 g/mol. The van der Waals surface area contributed by atoms with Crippen molar-refractivity contribution in [3.63, 3.8) is 0 Å². The minimum absolute atomic E-state index is 0. The normalized spacial score (nSPS) is 11.5. The van der Waals surface area contributed by atoms with Crippen molar-refractivity contribution in [2.24, 2.45) is 0 Å². The van der Waals surface area contributed by atoms with Crippen molar-refractivity contribution in [1.29, 1.82) is 0 Å². The minimum Gasteiger partial charge on any atom is -0.319 e. The molecular formula is C39H31N5PtS. The Hall–Kier alpha value is -4.43. The molecule has 0 saturated heterocycles. The van der Waals surface area contributed by atoms with Crippen molar-refractivity contribution < 1.29 is 21.1 Å². The zero-order valence-electron chi connectivity index (χ0n) is 26.2. The van der Waals surface area contributed by atoms with Crippen LogP contribution in [0.25, 0.3) is 49.4 Å².